The number of aliphatic hydroxyl groups is 3. The predicted molar refractivity (Wildman–Crippen MR) is 113 cm³/mol. The highest BCUT2D eigenvalue weighted by atomic mass is 16.4. The number of Topliss-reactive ketones (excluding diaryl/α,β-unsaturated/α-hetero) is 1. The fourth-order valence-electron chi connectivity index (χ4n) is 2.62. The van der Waals surface area contributed by atoms with E-state index in [1.807, 2.05) is 40.7 Å². The van der Waals surface area contributed by atoms with Crippen LogP contribution >= 0.6 is 0 Å². The first-order valence-electron chi connectivity index (χ1n) is 9.70. The second-order valence-electron chi connectivity index (χ2n) is 7.71. The summed E-state index contributed by atoms with van der Waals surface area (Å²) in [6, 6.07) is 0. The Balaban J connectivity index is 5.69. The highest BCUT2D eigenvalue weighted by Crippen LogP contribution is 2.19. The molecule has 0 saturated heterocycles. The van der Waals surface area contributed by atoms with Gasteiger partial charge in [0.1, 0.15) is 12.2 Å². The van der Waals surface area contributed by atoms with Crippen LogP contribution < -0.4 is 0 Å². The molecule has 0 radical (unpaired) electrons. The molecule has 0 amide bonds. The quantitative estimate of drug-likeness (QED) is 0.204. The van der Waals surface area contributed by atoms with E-state index in [1.54, 1.807) is 6.92 Å². The van der Waals surface area contributed by atoms with E-state index < -0.39 is 30.4 Å². The number of rotatable bonds is 12. The number of aliphatic hydroxyl groups excluding tert-OH is 3. The molecule has 2 atom stereocenters. The van der Waals surface area contributed by atoms with E-state index in [9.17, 15) is 19.8 Å². The second kappa shape index (κ2) is 13.4. The highest BCUT2D eigenvalue weighted by Gasteiger charge is 2.30. The number of carbonyl (C=O) groups excluding carboxylic acids is 2. The first kappa shape index (κ1) is 26.2. The van der Waals surface area contributed by atoms with Crippen LogP contribution in [0.1, 0.15) is 67.2 Å². The van der Waals surface area contributed by atoms with Crippen LogP contribution in [0.2, 0.25) is 0 Å². The number of hydrogen-bond donors (Lipinski definition) is 3. The molecule has 0 rings (SSSR count). The molecule has 5 nitrogen and oxygen atoms in total. The number of allylic oxidation sites excluding steroid dienone is 7. The third kappa shape index (κ3) is 9.93. The summed E-state index contributed by atoms with van der Waals surface area (Å²) in [6.45, 7) is 10.7. The van der Waals surface area contributed by atoms with Crippen LogP contribution in [0, 0.1) is 0 Å². The van der Waals surface area contributed by atoms with Crippen LogP contribution in [-0.4, -0.2) is 45.7 Å². The van der Waals surface area contributed by atoms with Gasteiger partial charge in [-0.1, -0.05) is 34.4 Å². The zero-order valence-electron chi connectivity index (χ0n) is 18.1. The van der Waals surface area contributed by atoms with E-state index in [2.05, 4.69) is 6.08 Å². The van der Waals surface area contributed by atoms with E-state index >= 15 is 0 Å². The molecule has 0 aromatic rings. The lowest BCUT2D eigenvalue weighted by Gasteiger charge is -2.17. The number of ketones is 2. The van der Waals surface area contributed by atoms with Crippen molar-refractivity contribution in [1.82, 2.24) is 0 Å². The normalized spacial score (nSPS) is 14.7. The van der Waals surface area contributed by atoms with Crippen LogP contribution in [0.25, 0.3) is 0 Å². The molecule has 158 valence electrons. The minimum atomic E-state index is -1.83. The third-order valence-corrected chi connectivity index (χ3v) is 4.28. The molecule has 0 aromatic heterocycles. The van der Waals surface area contributed by atoms with Crippen molar-refractivity contribution in [3.05, 3.63) is 46.1 Å². The molecular weight excluding hydrogens is 356 g/mol. The van der Waals surface area contributed by atoms with Gasteiger partial charge in [-0.15, -0.1) is 0 Å². The second-order valence-corrected chi connectivity index (χ2v) is 7.71. The Hall–Kier alpha value is -1.82. The summed E-state index contributed by atoms with van der Waals surface area (Å²) < 4.78 is 0. The minimum Gasteiger partial charge on any atom is -0.394 e. The molecule has 0 saturated carbocycles. The molecule has 28 heavy (non-hydrogen) atoms. The smallest absolute Gasteiger partial charge is 0.197 e. The van der Waals surface area contributed by atoms with E-state index in [4.69, 9.17) is 5.11 Å². The van der Waals surface area contributed by atoms with Crippen molar-refractivity contribution in [3.63, 3.8) is 0 Å². The summed E-state index contributed by atoms with van der Waals surface area (Å²) in [5, 5.41) is 28.7. The standard InChI is InChI=1S/C23H36O5/c1-15(2)9-7-11-17(5)13-19(25)21(18(6)12-8-10-16(3)4)23(28)22(27)20(26)14-24/h9-10,13,20,22,24,26-27H,7-8,11-12,14H2,1-6H3/b17-13+,21-18+. The maximum absolute atomic E-state index is 12.8. The van der Waals surface area contributed by atoms with Crippen molar-refractivity contribution in [1.29, 1.82) is 0 Å². The van der Waals surface area contributed by atoms with Gasteiger partial charge >= 0.3 is 0 Å². The van der Waals surface area contributed by atoms with Gasteiger partial charge in [-0.25, -0.2) is 0 Å². The van der Waals surface area contributed by atoms with Crippen LogP contribution in [0.3, 0.4) is 0 Å². The third-order valence-electron chi connectivity index (χ3n) is 4.28. The maximum Gasteiger partial charge on any atom is 0.197 e. The summed E-state index contributed by atoms with van der Waals surface area (Å²) in [5.41, 5.74) is 3.62. The molecule has 0 spiro atoms. The molecule has 0 fully saturated rings. The van der Waals surface area contributed by atoms with Crippen LogP contribution in [0.15, 0.2) is 46.1 Å². The summed E-state index contributed by atoms with van der Waals surface area (Å²) in [5.74, 6) is -1.33. The number of hydrogen-bond acceptors (Lipinski definition) is 5. The van der Waals surface area contributed by atoms with Crippen molar-refractivity contribution in [2.75, 3.05) is 6.61 Å². The number of carbonyl (C=O) groups is 2. The molecule has 0 bridgehead atoms. The molecule has 0 aliphatic heterocycles. The van der Waals surface area contributed by atoms with Gasteiger partial charge in [-0.2, -0.15) is 0 Å². The zero-order chi connectivity index (χ0) is 21.9. The molecule has 2 unspecified atom stereocenters. The van der Waals surface area contributed by atoms with E-state index in [1.165, 1.54) is 11.6 Å². The van der Waals surface area contributed by atoms with Crippen LogP contribution in [0.5, 0.6) is 0 Å². The molecular formula is C23H36O5. The Morgan fingerprint density at radius 3 is 1.82 bits per heavy atom. The molecule has 0 aliphatic carbocycles. The molecule has 0 heterocycles. The maximum atomic E-state index is 12.8. The minimum absolute atomic E-state index is 0.108. The zero-order valence-corrected chi connectivity index (χ0v) is 18.1. The lowest BCUT2D eigenvalue weighted by atomic mass is 9.91. The van der Waals surface area contributed by atoms with Gasteiger partial charge in [0.05, 0.1) is 12.2 Å². The van der Waals surface area contributed by atoms with Gasteiger partial charge in [-0.3, -0.25) is 9.59 Å². The summed E-state index contributed by atoms with van der Waals surface area (Å²) in [7, 11) is 0. The first-order chi connectivity index (χ1) is 13.0. The van der Waals surface area contributed by atoms with Crippen LogP contribution in [0.4, 0.5) is 0 Å². The molecule has 0 aromatic carbocycles. The van der Waals surface area contributed by atoms with E-state index in [-0.39, 0.29) is 5.57 Å². The Morgan fingerprint density at radius 1 is 0.857 bits per heavy atom. The van der Waals surface area contributed by atoms with Gasteiger partial charge in [0.25, 0.3) is 0 Å². The van der Waals surface area contributed by atoms with E-state index in [0.717, 1.165) is 17.6 Å². The lowest BCUT2D eigenvalue weighted by Crippen LogP contribution is -2.38. The fraction of sp³-hybridized carbons (Fsp3) is 0.565. The largest absolute Gasteiger partial charge is 0.394 e. The monoisotopic (exact) mass is 392 g/mol. The average Bonchev–Trinajstić information content (AvgIpc) is 2.59. The summed E-state index contributed by atoms with van der Waals surface area (Å²) in [6.07, 6.45) is 4.71. The lowest BCUT2D eigenvalue weighted by molar-refractivity contribution is -0.132. The topological polar surface area (TPSA) is 94.8 Å². The highest BCUT2D eigenvalue weighted by molar-refractivity contribution is 6.26. The van der Waals surface area contributed by atoms with Crippen molar-refractivity contribution in [2.45, 2.75) is 79.4 Å². The Labute approximate surface area is 169 Å². The van der Waals surface area contributed by atoms with Crippen molar-refractivity contribution >= 4 is 11.6 Å². The first-order valence-corrected chi connectivity index (χ1v) is 9.70. The van der Waals surface area contributed by atoms with Gasteiger partial charge in [0.15, 0.2) is 11.6 Å². The van der Waals surface area contributed by atoms with E-state index in [0.29, 0.717) is 24.8 Å². The Morgan fingerprint density at radius 2 is 1.36 bits per heavy atom. The SMILES string of the molecule is CC(C)=CCC/C(C)=C/C(=O)/C(C(=O)C(O)C(O)CO)=C(/C)CCC=C(C)C. The summed E-state index contributed by atoms with van der Waals surface area (Å²) >= 11 is 0. The predicted octanol–water partition coefficient (Wildman–Crippen LogP) is 3.59. The molecule has 0 aliphatic rings. The average molecular weight is 393 g/mol. The van der Waals surface area contributed by atoms with Gasteiger partial charge in [-0.05, 0) is 73.3 Å². The molecule has 3 N–H and O–H groups in total. The van der Waals surface area contributed by atoms with Gasteiger partial charge in [0.2, 0.25) is 0 Å². The van der Waals surface area contributed by atoms with Crippen molar-refractivity contribution < 1.29 is 24.9 Å². The van der Waals surface area contributed by atoms with Gasteiger partial charge < -0.3 is 15.3 Å². The Kier molecular flexibility index (Phi) is 12.5. The van der Waals surface area contributed by atoms with Gasteiger partial charge in [0, 0.05) is 0 Å². The molecule has 5 heteroatoms. The van der Waals surface area contributed by atoms with Crippen molar-refractivity contribution in [3.8, 4) is 0 Å². The van der Waals surface area contributed by atoms with Crippen LogP contribution in [-0.2, 0) is 9.59 Å². The summed E-state index contributed by atoms with van der Waals surface area (Å²) in [4.78, 5) is 25.5. The van der Waals surface area contributed by atoms with Crippen molar-refractivity contribution in [2.24, 2.45) is 0 Å². The fourth-order valence-corrected chi connectivity index (χ4v) is 2.62. The Bertz CT molecular complexity index is 656.